The summed E-state index contributed by atoms with van der Waals surface area (Å²) in [4.78, 5) is 20.1. The third-order valence-corrected chi connectivity index (χ3v) is 2.51. The van der Waals surface area contributed by atoms with Crippen LogP contribution < -0.4 is 0 Å². The first kappa shape index (κ1) is 12.6. The summed E-state index contributed by atoms with van der Waals surface area (Å²) in [6.07, 6.45) is 2.63. The SMILES string of the molecule is CCOC(=O)c1nc(C(C)CC)ncc1C. The van der Waals surface area contributed by atoms with Crippen molar-refractivity contribution in [3.05, 3.63) is 23.3 Å². The molecule has 4 heteroatoms. The molecule has 0 aliphatic rings. The number of nitrogens with zero attached hydrogens (tertiary/aromatic N) is 2. The lowest BCUT2D eigenvalue weighted by molar-refractivity contribution is 0.0518. The summed E-state index contributed by atoms with van der Waals surface area (Å²) >= 11 is 0. The fourth-order valence-electron chi connectivity index (χ4n) is 1.28. The summed E-state index contributed by atoms with van der Waals surface area (Å²) in [7, 11) is 0. The van der Waals surface area contributed by atoms with Gasteiger partial charge in [-0.25, -0.2) is 14.8 Å². The third-order valence-electron chi connectivity index (χ3n) is 2.51. The molecule has 0 spiro atoms. The van der Waals surface area contributed by atoms with Crippen LogP contribution in [0.4, 0.5) is 0 Å². The summed E-state index contributed by atoms with van der Waals surface area (Å²) in [6, 6.07) is 0. The molecule has 0 N–H and O–H groups in total. The smallest absolute Gasteiger partial charge is 0.357 e. The maximum absolute atomic E-state index is 11.6. The highest BCUT2D eigenvalue weighted by Crippen LogP contribution is 2.15. The van der Waals surface area contributed by atoms with Crippen LogP contribution in [0.5, 0.6) is 0 Å². The number of hydrogen-bond acceptors (Lipinski definition) is 4. The standard InChI is InChI=1S/C12H18N2O2/c1-5-8(3)11-13-7-9(4)10(14-11)12(15)16-6-2/h7-8H,5-6H2,1-4H3. The van der Waals surface area contributed by atoms with Crippen molar-refractivity contribution in [2.45, 2.75) is 40.0 Å². The van der Waals surface area contributed by atoms with Crippen LogP contribution in [0.1, 0.15) is 55.0 Å². The van der Waals surface area contributed by atoms with Gasteiger partial charge in [0.05, 0.1) is 6.61 Å². The number of carbonyl (C=O) groups excluding carboxylic acids is 1. The van der Waals surface area contributed by atoms with Gasteiger partial charge in [-0.1, -0.05) is 13.8 Å². The maximum atomic E-state index is 11.6. The number of hydrogen-bond donors (Lipinski definition) is 0. The van der Waals surface area contributed by atoms with Gasteiger partial charge >= 0.3 is 5.97 Å². The lowest BCUT2D eigenvalue weighted by Gasteiger charge is -2.10. The van der Waals surface area contributed by atoms with Gasteiger partial charge < -0.3 is 4.74 Å². The molecule has 1 atom stereocenters. The molecule has 0 radical (unpaired) electrons. The number of aryl methyl sites for hydroxylation is 1. The maximum Gasteiger partial charge on any atom is 0.357 e. The van der Waals surface area contributed by atoms with Crippen LogP contribution >= 0.6 is 0 Å². The van der Waals surface area contributed by atoms with Crippen LogP contribution in [-0.4, -0.2) is 22.5 Å². The number of rotatable bonds is 4. The van der Waals surface area contributed by atoms with Crippen molar-refractivity contribution in [1.82, 2.24) is 9.97 Å². The van der Waals surface area contributed by atoms with E-state index in [1.807, 2.05) is 13.8 Å². The first-order valence-electron chi connectivity index (χ1n) is 5.60. The highest BCUT2D eigenvalue weighted by Gasteiger charge is 2.15. The quantitative estimate of drug-likeness (QED) is 0.734. The minimum atomic E-state index is -0.369. The number of ether oxygens (including phenoxy) is 1. The molecule has 0 saturated heterocycles. The first-order chi connectivity index (χ1) is 7.60. The van der Waals surface area contributed by atoms with E-state index in [-0.39, 0.29) is 11.9 Å². The number of aromatic nitrogens is 2. The van der Waals surface area contributed by atoms with Crippen molar-refractivity contribution in [2.75, 3.05) is 6.61 Å². The highest BCUT2D eigenvalue weighted by molar-refractivity contribution is 5.88. The topological polar surface area (TPSA) is 52.1 Å². The molecule has 1 aromatic rings. The fraction of sp³-hybridized carbons (Fsp3) is 0.583. The summed E-state index contributed by atoms with van der Waals surface area (Å²) < 4.78 is 4.95. The molecule has 1 rings (SSSR count). The van der Waals surface area contributed by atoms with Crippen LogP contribution in [0.3, 0.4) is 0 Å². The van der Waals surface area contributed by atoms with Crippen molar-refractivity contribution in [1.29, 1.82) is 0 Å². The highest BCUT2D eigenvalue weighted by atomic mass is 16.5. The fourth-order valence-corrected chi connectivity index (χ4v) is 1.28. The van der Waals surface area contributed by atoms with E-state index in [0.29, 0.717) is 18.1 Å². The van der Waals surface area contributed by atoms with Gasteiger partial charge in [0.25, 0.3) is 0 Å². The van der Waals surface area contributed by atoms with Gasteiger partial charge in [-0.15, -0.1) is 0 Å². The predicted molar refractivity (Wildman–Crippen MR) is 61.4 cm³/mol. The largest absolute Gasteiger partial charge is 0.461 e. The third kappa shape index (κ3) is 2.78. The van der Waals surface area contributed by atoms with Crippen molar-refractivity contribution < 1.29 is 9.53 Å². The van der Waals surface area contributed by atoms with E-state index in [0.717, 1.165) is 12.0 Å². The van der Waals surface area contributed by atoms with Crippen LogP contribution in [0.15, 0.2) is 6.20 Å². The Balaban J connectivity index is 3.03. The van der Waals surface area contributed by atoms with Gasteiger partial charge in [0.2, 0.25) is 0 Å². The molecule has 1 aromatic heterocycles. The van der Waals surface area contributed by atoms with Gasteiger partial charge in [-0.3, -0.25) is 0 Å². The average molecular weight is 222 g/mol. The minimum absolute atomic E-state index is 0.258. The molecular weight excluding hydrogens is 204 g/mol. The van der Waals surface area contributed by atoms with Crippen LogP contribution in [0, 0.1) is 6.92 Å². The zero-order valence-electron chi connectivity index (χ0n) is 10.3. The molecular formula is C12H18N2O2. The lowest BCUT2D eigenvalue weighted by atomic mass is 10.1. The Morgan fingerprint density at radius 3 is 2.75 bits per heavy atom. The summed E-state index contributed by atoms with van der Waals surface area (Å²) in [5.74, 6) is 0.594. The Kier molecular flexibility index (Phi) is 4.40. The molecule has 1 unspecified atom stereocenters. The molecule has 0 saturated carbocycles. The Labute approximate surface area is 96.1 Å². The summed E-state index contributed by atoms with van der Waals surface area (Å²) in [5.41, 5.74) is 1.14. The molecule has 0 amide bonds. The van der Waals surface area contributed by atoms with Crippen molar-refractivity contribution in [2.24, 2.45) is 0 Å². The molecule has 16 heavy (non-hydrogen) atoms. The molecule has 88 valence electrons. The molecule has 0 bridgehead atoms. The van der Waals surface area contributed by atoms with Crippen molar-refractivity contribution in [3.63, 3.8) is 0 Å². The van der Waals surface area contributed by atoms with E-state index >= 15 is 0 Å². The van der Waals surface area contributed by atoms with Crippen LogP contribution in [0.2, 0.25) is 0 Å². The van der Waals surface area contributed by atoms with Crippen LogP contribution in [0.25, 0.3) is 0 Å². The monoisotopic (exact) mass is 222 g/mol. The second-order valence-electron chi connectivity index (χ2n) is 3.79. The van der Waals surface area contributed by atoms with Gasteiger partial charge in [0.15, 0.2) is 5.69 Å². The van der Waals surface area contributed by atoms with E-state index in [4.69, 9.17) is 4.74 Å². The van der Waals surface area contributed by atoms with E-state index in [1.54, 1.807) is 13.1 Å². The van der Waals surface area contributed by atoms with E-state index in [1.165, 1.54) is 0 Å². The van der Waals surface area contributed by atoms with Gasteiger partial charge in [-0.2, -0.15) is 0 Å². The average Bonchev–Trinajstić information content (AvgIpc) is 2.29. The van der Waals surface area contributed by atoms with Gasteiger partial charge in [-0.05, 0) is 20.3 Å². The molecule has 0 aliphatic carbocycles. The van der Waals surface area contributed by atoms with Crippen molar-refractivity contribution >= 4 is 5.97 Å². The summed E-state index contributed by atoms with van der Waals surface area (Å²) in [6.45, 7) is 8.06. The van der Waals surface area contributed by atoms with E-state index < -0.39 is 0 Å². The number of carbonyl (C=O) groups is 1. The molecule has 0 aliphatic heterocycles. The van der Waals surface area contributed by atoms with Crippen molar-refractivity contribution in [3.8, 4) is 0 Å². The zero-order chi connectivity index (χ0) is 12.1. The van der Waals surface area contributed by atoms with Gasteiger partial charge in [0.1, 0.15) is 5.82 Å². The second-order valence-corrected chi connectivity index (χ2v) is 3.79. The normalized spacial score (nSPS) is 12.2. The Hall–Kier alpha value is -1.45. The molecule has 0 fully saturated rings. The summed E-state index contributed by atoms with van der Waals surface area (Å²) in [5, 5.41) is 0. The predicted octanol–water partition coefficient (Wildman–Crippen LogP) is 2.48. The minimum Gasteiger partial charge on any atom is -0.461 e. The molecule has 4 nitrogen and oxygen atoms in total. The van der Waals surface area contributed by atoms with Gasteiger partial charge in [0, 0.05) is 17.7 Å². The van der Waals surface area contributed by atoms with Crippen LogP contribution in [-0.2, 0) is 4.74 Å². The Bertz CT molecular complexity index is 377. The molecule has 1 heterocycles. The number of esters is 1. The van der Waals surface area contributed by atoms with E-state index in [2.05, 4.69) is 16.9 Å². The molecule has 0 aromatic carbocycles. The zero-order valence-corrected chi connectivity index (χ0v) is 10.3. The Morgan fingerprint density at radius 1 is 1.50 bits per heavy atom. The van der Waals surface area contributed by atoms with E-state index in [9.17, 15) is 4.79 Å². The second kappa shape index (κ2) is 5.58. The lowest BCUT2D eigenvalue weighted by Crippen LogP contribution is -2.13. The Morgan fingerprint density at radius 2 is 2.19 bits per heavy atom. The first-order valence-corrected chi connectivity index (χ1v) is 5.60.